The van der Waals surface area contributed by atoms with Crippen molar-refractivity contribution in [3.63, 3.8) is 0 Å². The van der Waals surface area contributed by atoms with E-state index < -0.39 is 6.17 Å². The molecule has 2 aromatic rings. The van der Waals surface area contributed by atoms with E-state index in [9.17, 15) is 9.90 Å². The maximum atomic E-state index is 12.7. The summed E-state index contributed by atoms with van der Waals surface area (Å²) in [4.78, 5) is 15.5. The Labute approximate surface area is 152 Å². The Morgan fingerprint density at radius 1 is 1.38 bits per heavy atom. The van der Waals surface area contributed by atoms with Gasteiger partial charge in [0.25, 0.3) is 5.91 Å². The molecule has 5 nitrogen and oxygen atoms in total. The van der Waals surface area contributed by atoms with E-state index >= 15 is 0 Å². The Morgan fingerprint density at radius 2 is 2.17 bits per heavy atom. The highest BCUT2D eigenvalue weighted by atomic mass is 79.9. The van der Waals surface area contributed by atoms with Crippen molar-refractivity contribution >= 4 is 38.2 Å². The zero-order valence-corrected chi connectivity index (χ0v) is 15.9. The highest BCUT2D eigenvalue weighted by Crippen LogP contribution is 2.41. The SMILES string of the molecule is Cc1cc(Br)cc([C@@H]2NC(=O)c3c(sc4c3CC[NH+](C)C4)N2)c1O. The van der Waals surface area contributed by atoms with Gasteiger partial charge in [-0.05, 0) is 30.2 Å². The maximum Gasteiger partial charge on any atom is 0.256 e. The van der Waals surface area contributed by atoms with Crippen molar-refractivity contribution in [3.8, 4) is 5.75 Å². The second-order valence-electron chi connectivity index (χ2n) is 6.55. The summed E-state index contributed by atoms with van der Waals surface area (Å²) in [6.45, 7) is 3.87. The normalized spacial score (nSPS) is 22.4. The van der Waals surface area contributed by atoms with Crippen LogP contribution in [0.4, 0.5) is 5.00 Å². The summed E-state index contributed by atoms with van der Waals surface area (Å²) in [6, 6.07) is 3.70. The lowest BCUT2D eigenvalue weighted by Gasteiger charge is -2.28. The van der Waals surface area contributed by atoms with Crippen LogP contribution in [-0.2, 0) is 13.0 Å². The predicted molar refractivity (Wildman–Crippen MR) is 97.9 cm³/mol. The number of hydrogen-bond acceptors (Lipinski definition) is 4. The lowest BCUT2D eigenvalue weighted by atomic mass is 10.00. The van der Waals surface area contributed by atoms with Crippen molar-refractivity contribution in [1.82, 2.24) is 5.32 Å². The van der Waals surface area contributed by atoms with Crippen molar-refractivity contribution < 1.29 is 14.8 Å². The number of aryl methyl sites for hydroxylation is 1. The highest BCUT2D eigenvalue weighted by molar-refractivity contribution is 9.10. The van der Waals surface area contributed by atoms with Crippen LogP contribution in [0.15, 0.2) is 16.6 Å². The van der Waals surface area contributed by atoms with E-state index in [-0.39, 0.29) is 11.7 Å². The fourth-order valence-electron chi connectivity index (χ4n) is 3.47. The van der Waals surface area contributed by atoms with Gasteiger partial charge in [0.05, 0.1) is 24.0 Å². The number of likely N-dealkylation sites (N-methyl/N-ethyl adjacent to an activating group) is 1. The first kappa shape index (κ1) is 15.9. The Bertz CT molecular complexity index is 849. The van der Waals surface area contributed by atoms with E-state index in [1.807, 2.05) is 19.1 Å². The minimum absolute atomic E-state index is 0.0529. The molecule has 2 aliphatic heterocycles. The van der Waals surface area contributed by atoms with Gasteiger partial charge in [0.15, 0.2) is 0 Å². The minimum atomic E-state index is -0.425. The molecule has 0 bridgehead atoms. The van der Waals surface area contributed by atoms with E-state index in [2.05, 4.69) is 33.6 Å². The fraction of sp³-hybridized carbons (Fsp3) is 0.353. The zero-order valence-electron chi connectivity index (χ0n) is 13.5. The van der Waals surface area contributed by atoms with Crippen LogP contribution in [0.3, 0.4) is 0 Å². The molecule has 4 N–H and O–H groups in total. The van der Waals surface area contributed by atoms with Gasteiger partial charge in [-0.2, -0.15) is 0 Å². The molecule has 1 aromatic carbocycles. The Morgan fingerprint density at radius 3 is 2.96 bits per heavy atom. The fourth-order valence-corrected chi connectivity index (χ4v) is 5.45. The number of halogens is 1. The van der Waals surface area contributed by atoms with Gasteiger partial charge in [0, 0.05) is 16.5 Å². The summed E-state index contributed by atoms with van der Waals surface area (Å²) in [7, 11) is 2.18. The van der Waals surface area contributed by atoms with Crippen LogP contribution in [0.25, 0.3) is 0 Å². The molecule has 7 heteroatoms. The summed E-state index contributed by atoms with van der Waals surface area (Å²) in [5, 5.41) is 17.7. The molecule has 126 valence electrons. The Kier molecular flexibility index (Phi) is 3.82. The number of anilines is 1. The molecule has 2 aliphatic rings. The van der Waals surface area contributed by atoms with E-state index in [4.69, 9.17) is 0 Å². The van der Waals surface area contributed by atoms with Crippen LogP contribution in [-0.4, -0.2) is 24.6 Å². The summed E-state index contributed by atoms with van der Waals surface area (Å²) in [5.41, 5.74) is 3.44. The molecule has 0 saturated carbocycles. The molecule has 0 spiro atoms. The smallest absolute Gasteiger partial charge is 0.256 e. The molecule has 0 aliphatic carbocycles. The molecular formula is C17H19BrN3O2S+. The first-order chi connectivity index (χ1) is 11.4. The van der Waals surface area contributed by atoms with Gasteiger partial charge in [-0.3, -0.25) is 4.79 Å². The van der Waals surface area contributed by atoms with Crippen molar-refractivity contribution in [2.24, 2.45) is 0 Å². The lowest BCUT2D eigenvalue weighted by Crippen LogP contribution is -3.08. The highest BCUT2D eigenvalue weighted by Gasteiger charge is 2.34. The average Bonchev–Trinajstić information content (AvgIpc) is 2.88. The number of fused-ring (bicyclic) bond motifs is 3. The molecule has 1 aromatic heterocycles. The van der Waals surface area contributed by atoms with Gasteiger partial charge in [0.1, 0.15) is 23.5 Å². The molecule has 0 fully saturated rings. The monoisotopic (exact) mass is 408 g/mol. The lowest BCUT2D eigenvalue weighted by molar-refractivity contribution is -0.895. The predicted octanol–water partition coefficient (Wildman–Crippen LogP) is 1.95. The topological polar surface area (TPSA) is 65.8 Å². The quantitative estimate of drug-likeness (QED) is 0.582. The van der Waals surface area contributed by atoms with Crippen LogP contribution >= 0.6 is 27.3 Å². The van der Waals surface area contributed by atoms with E-state index in [1.54, 1.807) is 11.3 Å². The molecule has 0 saturated heterocycles. The van der Waals surface area contributed by atoms with Crippen LogP contribution in [0.1, 0.15) is 38.1 Å². The van der Waals surface area contributed by atoms with Crippen molar-refractivity contribution in [2.75, 3.05) is 18.9 Å². The van der Waals surface area contributed by atoms with Crippen molar-refractivity contribution in [1.29, 1.82) is 0 Å². The number of nitrogens with one attached hydrogen (secondary N) is 3. The van der Waals surface area contributed by atoms with Gasteiger partial charge in [-0.1, -0.05) is 15.9 Å². The van der Waals surface area contributed by atoms with Crippen LogP contribution < -0.4 is 15.5 Å². The number of quaternary nitrogens is 1. The maximum absolute atomic E-state index is 12.7. The number of aromatic hydroxyl groups is 1. The number of phenolic OH excluding ortho intramolecular Hbond substituents is 1. The van der Waals surface area contributed by atoms with Crippen LogP contribution in [0.2, 0.25) is 0 Å². The van der Waals surface area contributed by atoms with Crippen LogP contribution in [0, 0.1) is 6.92 Å². The minimum Gasteiger partial charge on any atom is -0.507 e. The summed E-state index contributed by atoms with van der Waals surface area (Å²) < 4.78 is 0.880. The van der Waals surface area contributed by atoms with Gasteiger partial charge in [0.2, 0.25) is 0 Å². The second-order valence-corrected chi connectivity index (χ2v) is 8.57. The largest absolute Gasteiger partial charge is 0.507 e. The number of carbonyl (C=O) groups excluding carboxylic acids is 1. The van der Waals surface area contributed by atoms with Gasteiger partial charge < -0.3 is 20.6 Å². The van der Waals surface area contributed by atoms with Gasteiger partial charge in [-0.15, -0.1) is 11.3 Å². The number of carbonyl (C=O) groups is 1. The molecule has 2 atom stereocenters. The summed E-state index contributed by atoms with van der Waals surface area (Å²) >= 11 is 5.13. The van der Waals surface area contributed by atoms with E-state index in [0.717, 1.165) is 40.1 Å². The number of hydrogen-bond donors (Lipinski definition) is 4. The van der Waals surface area contributed by atoms with Crippen molar-refractivity contribution in [2.45, 2.75) is 26.1 Å². The molecule has 1 unspecified atom stereocenters. The molecule has 3 heterocycles. The van der Waals surface area contributed by atoms with Gasteiger partial charge >= 0.3 is 0 Å². The number of thiophene rings is 1. The molecule has 24 heavy (non-hydrogen) atoms. The summed E-state index contributed by atoms with van der Waals surface area (Å²) in [6.07, 6.45) is 0.514. The first-order valence-electron chi connectivity index (χ1n) is 7.96. The zero-order chi connectivity index (χ0) is 17.0. The van der Waals surface area contributed by atoms with Crippen molar-refractivity contribution in [3.05, 3.63) is 43.7 Å². The second kappa shape index (κ2) is 5.75. The van der Waals surface area contributed by atoms with E-state index in [0.29, 0.717) is 5.56 Å². The third-order valence-corrected chi connectivity index (χ3v) is 6.36. The van der Waals surface area contributed by atoms with E-state index in [1.165, 1.54) is 15.3 Å². The molecule has 0 radical (unpaired) electrons. The number of benzene rings is 1. The summed E-state index contributed by atoms with van der Waals surface area (Å²) in [5.74, 6) is 0.160. The van der Waals surface area contributed by atoms with Gasteiger partial charge in [-0.25, -0.2) is 0 Å². The van der Waals surface area contributed by atoms with Crippen LogP contribution in [0.5, 0.6) is 5.75 Å². The number of amides is 1. The third kappa shape index (κ3) is 2.51. The number of phenols is 1. The Hall–Kier alpha value is -1.57. The first-order valence-corrected chi connectivity index (χ1v) is 9.57. The standard InChI is InChI=1S/C17H18BrN3O2S/c1-8-5-9(18)6-11(14(8)22)15-19-16(23)13-10-3-4-21(2)7-12(10)24-17(13)20-15/h5-6,15,20,22H,3-4,7H2,1-2H3,(H,19,23)/p+1/t15-/m1/s1. The Balaban J connectivity index is 1.74. The molecule has 4 rings (SSSR count). The molecule has 1 amide bonds. The number of rotatable bonds is 1. The third-order valence-electron chi connectivity index (χ3n) is 4.74. The average molecular weight is 409 g/mol. The molecular weight excluding hydrogens is 390 g/mol.